The molecule has 0 aliphatic carbocycles. The Bertz CT molecular complexity index is 891. The number of carbonyl (C=O) groups excluding carboxylic acids is 1. The highest BCUT2D eigenvalue weighted by Gasteiger charge is 2.13. The van der Waals surface area contributed by atoms with Crippen LogP contribution in [0.2, 0.25) is 0 Å². The Balaban J connectivity index is 1.96. The van der Waals surface area contributed by atoms with Crippen molar-refractivity contribution in [3.05, 3.63) is 53.1 Å². The van der Waals surface area contributed by atoms with Gasteiger partial charge in [-0.25, -0.2) is 13.9 Å². The van der Waals surface area contributed by atoms with Gasteiger partial charge in [0.05, 0.1) is 11.3 Å². The molecule has 0 radical (unpaired) electrons. The van der Waals surface area contributed by atoms with E-state index in [2.05, 4.69) is 10.1 Å². The number of phenolic OH excluding ortho intramolecular Hbond substituents is 1. The van der Waals surface area contributed by atoms with Crippen LogP contribution in [0.5, 0.6) is 5.75 Å². The molecule has 2 aromatic heterocycles. The summed E-state index contributed by atoms with van der Waals surface area (Å²) in [5.74, 6) is 0.196. The first-order valence-corrected chi connectivity index (χ1v) is 6.99. The average molecular weight is 314 g/mol. The fraction of sp³-hybridized carbons (Fsp3) is 0.188. The number of rotatable bonds is 4. The van der Waals surface area contributed by atoms with E-state index in [0.29, 0.717) is 28.3 Å². The SMILES string of the molecule is Cc1nn2ccc(N(C)Cc3cc(F)ccc3O)nc2c1C=O. The van der Waals surface area contributed by atoms with E-state index in [1.54, 1.807) is 31.1 Å². The standard InChI is InChI=1S/C16H15FN4O2/c1-10-13(9-22)16-18-15(5-6-21(16)19-10)20(2)8-11-7-12(17)3-4-14(11)23/h3-7,9,23H,8H2,1-2H3. The quantitative estimate of drug-likeness (QED) is 0.748. The summed E-state index contributed by atoms with van der Waals surface area (Å²) >= 11 is 0. The minimum absolute atomic E-state index is 0.0214. The maximum atomic E-state index is 13.3. The number of aryl methyl sites for hydroxylation is 1. The smallest absolute Gasteiger partial charge is 0.168 e. The van der Waals surface area contributed by atoms with Gasteiger partial charge in [0, 0.05) is 25.4 Å². The number of aldehydes is 1. The third-order valence-electron chi connectivity index (χ3n) is 3.65. The van der Waals surface area contributed by atoms with Gasteiger partial charge in [-0.3, -0.25) is 4.79 Å². The lowest BCUT2D eigenvalue weighted by Crippen LogP contribution is -2.18. The van der Waals surface area contributed by atoms with Crippen molar-refractivity contribution in [1.29, 1.82) is 0 Å². The van der Waals surface area contributed by atoms with E-state index in [-0.39, 0.29) is 12.3 Å². The zero-order chi connectivity index (χ0) is 16.6. The predicted octanol–water partition coefficient (Wildman–Crippen LogP) is 2.33. The van der Waals surface area contributed by atoms with Crippen LogP contribution in [0.4, 0.5) is 10.2 Å². The second kappa shape index (κ2) is 5.68. The molecule has 3 rings (SSSR count). The summed E-state index contributed by atoms with van der Waals surface area (Å²) in [7, 11) is 1.77. The molecule has 0 fully saturated rings. The van der Waals surface area contributed by atoms with Crippen molar-refractivity contribution in [2.75, 3.05) is 11.9 Å². The first-order chi connectivity index (χ1) is 11.0. The van der Waals surface area contributed by atoms with Gasteiger partial charge in [0.2, 0.25) is 0 Å². The largest absolute Gasteiger partial charge is 0.508 e. The van der Waals surface area contributed by atoms with Crippen molar-refractivity contribution in [2.45, 2.75) is 13.5 Å². The molecular weight excluding hydrogens is 299 g/mol. The Labute approximate surface area is 131 Å². The second-order valence-electron chi connectivity index (χ2n) is 5.30. The maximum Gasteiger partial charge on any atom is 0.168 e. The Hall–Kier alpha value is -2.96. The van der Waals surface area contributed by atoms with E-state index in [1.165, 1.54) is 22.7 Å². The lowest BCUT2D eigenvalue weighted by Gasteiger charge is -2.19. The molecule has 1 aromatic carbocycles. The van der Waals surface area contributed by atoms with Gasteiger partial charge in [-0.05, 0) is 31.2 Å². The van der Waals surface area contributed by atoms with Gasteiger partial charge in [-0.15, -0.1) is 0 Å². The van der Waals surface area contributed by atoms with E-state index in [0.717, 1.165) is 6.29 Å². The van der Waals surface area contributed by atoms with Crippen molar-refractivity contribution in [1.82, 2.24) is 14.6 Å². The third-order valence-corrected chi connectivity index (χ3v) is 3.65. The van der Waals surface area contributed by atoms with Gasteiger partial charge in [-0.2, -0.15) is 5.10 Å². The normalized spacial score (nSPS) is 10.9. The Morgan fingerprint density at radius 3 is 2.91 bits per heavy atom. The Morgan fingerprint density at radius 1 is 1.39 bits per heavy atom. The van der Waals surface area contributed by atoms with Gasteiger partial charge < -0.3 is 10.0 Å². The molecule has 0 saturated carbocycles. The number of hydrogen-bond donors (Lipinski definition) is 1. The third kappa shape index (κ3) is 2.73. The number of aromatic nitrogens is 3. The Kier molecular flexibility index (Phi) is 3.69. The number of carbonyl (C=O) groups is 1. The minimum atomic E-state index is -0.413. The van der Waals surface area contributed by atoms with Crippen LogP contribution in [0.25, 0.3) is 5.65 Å². The summed E-state index contributed by atoms with van der Waals surface area (Å²) in [6.45, 7) is 2.02. The summed E-state index contributed by atoms with van der Waals surface area (Å²) < 4.78 is 14.9. The summed E-state index contributed by atoms with van der Waals surface area (Å²) in [5, 5.41) is 14.0. The molecule has 0 aliphatic heterocycles. The highest BCUT2D eigenvalue weighted by Crippen LogP contribution is 2.22. The summed E-state index contributed by atoms with van der Waals surface area (Å²) in [5.41, 5.74) is 1.96. The van der Waals surface area contributed by atoms with E-state index < -0.39 is 5.82 Å². The number of aromatic hydroxyl groups is 1. The molecule has 2 heterocycles. The van der Waals surface area contributed by atoms with E-state index in [4.69, 9.17) is 0 Å². The lowest BCUT2D eigenvalue weighted by molar-refractivity contribution is 0.112. The summed E-state index contributed by atoms with van der Waals surface area (Å²) in [6, 6.07) is 5.54. The van der Waals surface area contributed by atoms with E-state index in [1.807, 2.05) is 0 Å². The van der Waals surface area contributed by atoms with Crippen LogP contribution in [-0.2, 0) is 6.54 Å². The van der Waals surface area contributed by atoms with Crippen LogP contribution in [0.3, 0.4) is 0 Å². The molecular formula is C16H15FN4O2. The molecule has 7 heteroatoms. The van der Waals surface area contributed by atoms with Gasteiger partial charge in [0.15, 0.2) is 11.9 Å². The van der Waals surface area contributed by atoms with Crippen LogP contribution in [0.15, 0.2) is 30.5 Å². The number of anilines is 1. The molecule has 6 nitrogen and oxygen atoms in total. The molecule has 0 spiro atoms. The predicted molar refractivity (Wildman–Crippen MR) is 83.3 cm³/mol. The topological polar surface area (TPSA) is 70.7 Å². The van der Waals surface area contributed by atoms with Crippen molar-refractivity contribution in [2.24, 2.45) is 0 Å². The molecule has 0 atom stereocenters. The van der Waals surface area contributed by atoms with E-state index >= 15 is 0 Å². The minimum Gasteiger partial charge on any atom is -0.508 e. The summed E-state index contributed by atoms with van der Waals surface area (Å²) in [4.78, 5) is 17.4. The maximum absolute atomic E-state index is 13.3. The van der Waals surface area contributed by atoms with Gasteiger partial charge in [-0.1, -0.05) is 0 Å². The molecule has 0 saturated heterocycles. The van der Waals surface area contributed by atoms with Crippen molar-refractivity contribution < 1.29 is 14.3 Å². The number of nitrogens with zero attached hydrogens (tertiary/aromatic N) is 4. The van der Waals surface area contributed by atoms with Gasteiger partial charge in [0.1, 0.15) is 17.4 Å². The molecule has 23 heavy (non-hydrogen) atoms. The van der Waals surface area contributed by atoms with E-state index in [9.17, 15) is 14.3 Å². The molecule has 0 bridgehead atoms. The lowest BCUT2D eigenvalue weighted by atomic mass is 10.2. The van der Waals surface area contributed by atoms with Crippen LogP contribution < -0.4 is 4.90 Å². The second-order valence-corrected chi connectivity index (χ2v) is 5.30. The number of hydrogen-bond acceptors (Lipinski definition) is 5. The van der Waals surface area contributed by atoms with Crippen LogP contribution in [-0.4, -0.2) is 33.0 Å². The van der Waals surface area contributed by atoms with Crippen molar-refractivity contribution >= 4 is 17.8 Å². The van der Waals surface area contributed by atoms with Crippen LogP contribution in [0, 0.1) is 12.7 Å². The van der Waals surface area contributed by atoms with Gasteiger partial charge >= 0.3 is 0 Å². The van der Waals surface area contributed by atoms with Crippen molar-refractivity contribution in [3.8, 4) is 5.75 Å². The number of halogens is 1. The van der Waals surface area contributed by atoms with Crippen molar-refractivity contribution in [3.63, 3.8) is 0 Å². The zero-order valence-electron chi connectivity index (χ0n) is 12.7. The van der Waals surface area contributed by atoms with Crippen LogP contribution in [0.1, 0.15) is 21.6 Å². The number of benzene rings is 1. The zero-order valence-corrected chi connectivity index (χ0v) is 12.7. The molecule has 0 unspecified atom stereocenters. The Morgan fingerprint density at radius 2 is 2.17 bits per heavy atom. The summed E-state index contributed by atoms with van der Waals surface area (Å²) in [6.07, 6.45) is 2.44. The number of fused-ring (bicyclic) bond motifs is 1. The fourth-order valence-electron chi connectivity index (χ4n) is 2.41. The molecule has 0 aliphatic rings. The highest BCUT2D eigenvalue weighted by molar-refractivity contribution is 5.86. The molecule has 0 amide bonds. The first-order valence-electron chi connectivity index (χ1n) is 6.99. The average Bonchev–Trinajstić information content (AvgIpc) is 2.85. The highest BCUT2D eigenvalue weighted by atomic mass is 19.1. The molecule has 1 N–H and O–H groups in total. The number of phenols is 1. The van der Waals surface area contributed by atoms with Crippen LogP contribution >= 0.6 is 0 Å². The van der Waals surface area contributed by atoms with Gasteiger partial charge in [0.25, 0.3) is 0 Å². The fourth-order valence-corrected chi connectivity index (χ4v) is 2.41. The molecule has 118 valence electrons. The first kappa shape index (κ1) is 15.0. The monoisotopic (exact) mass is 314 g/mol. The molecule has 3 aromatic rings.